The molecule has 7 bridgehead atoms. The lowest BCUT2D eigenvalue weighted by molar-refractivity contribution is -0.326. The van der Waals surface area contributed by atoms with E-state index in [1.165, 1.54) is 7.11 Å². The molecule has 1 spiro atoms. The van der Waals surface area contributed by atoms with Gasteiger partial charge < -0.3 is 38.6 Å². The molecule has 6 aliphatic rings. The van der Waals surface area contributed by atoms with Crippen LogP contribution in [-0.2, 0) is 28.4 Å². The minimum Gasteiger partial charge on any atom is -0.455 e. The van der Waals surface area contributed by atoms with Gasteiger partial charge >= 0.3 is 5.97 Å². The van der Waals surface area contributed by atoms with Crippen LogP contribution in [0, 0.1) is 34.5 Å². The van der Waals surface area contributed by atoms with Gasteiger partial charge in [-0.2, -0.15) is 0 Å². The smallest absolute Gasteiger partial charge is 0.338 e. The van der Waals surface area contributed by atoms with Gasteiger partial charge in [0.05, 0.1) is 24.4 Å². The highest BCUT2D eigenvalue weighted by Crippen LogP contribution is 2.80. The first-order valence-electron chi connectivity index (χ1n) is 17.3. The molecular formula is C36H53NO9. The molecule has 2 N–H and O–H groups in total. The molecule has 0 amide bonds. The molecule has 256 valence electrons. The number of benzene rings is 1. The average molecular weight is 644 g/mol. The van der Waals surface area contributed by atoms with Crippen molar-refractivity contribution in [1.82, 2.24) is 4.90 Å². The van der Waals surface area contributed by atoms with Crippen LogP contribution in [-0.4, -0.2) is 124 Å². The first kappa shape index (κ1) is 32.9. The van der Waals surface area contributed by atoms with Crippen LogP contribution >= 0.6 is 0 Å². The van der Waals surface area contributed by atoms with Crippen molar-refractivity contribution in [3.05, 3.63) is 35.9 Å². The average Bonchev–Trinajstić information content (AvgIpc) is 3.44. The molecule has 1 heterocycles. The van der Waals surface area contributed by atoms with Crippen LogP contribution in [0.15, 0.2) is 30.3 Å². The minimum atomic E-state index is -1.64. The molecule has 10 heteroatoms. The second-order valence-electron chi connectivity index (χ2n) is 14.9. The maximum Gasteiger partial charge on any atom is 0.338 e. The molecule has 0 aromatic heterocycles. The predicted octanol–water partition coefficient (Wildman–Crippen LogP) is 2.93. The quantitative estimate of drug-likeness (QED) is 0.260. The first-order valence-corrected chi connectivity index (χ1v) is 17.3. The fourth-order valence-electron chi connectivity index (χ4n) is 12.6. The summed E-state index contributed by atoms with van der Waals surface area (Å²) in [6.07, 6.45) is 0.170. The van der Waals surface area contributed by atoms with Crippen molar-refractivity contribution in [3.63, 3.8) is 0 Å². The molecule has 10 nitrogen and oxygen atoms in total. The molecule has 6 fully saturated rings. The number of likely N-dealkylation sites (tertiary alicyclic amines) is 1. The number of ether oxygens (including phenoxy) is 6. The third-order valence-electron chi connectivity index (χ3n) is 13.6. The molecule has 46 heavy (non-hydrogen) atoms. The standard InChI is InChI=1S/C36H53NO9/c1-7-9-17-45-36-24-22(18-34(40,31(44-6)29(36)38)30(24)46-32(39)21-13-11-10-12-14-21)35-23(42-4)15-16-33(20-41-3)19-37(8-2)28(35)25(36)26(43-5)27(33)35/h10-14,22-31,38,40H,7-9,15-20H2,1-6H3/t22-,23+,24-,25+,26+,27-,28+,29+,30-,31+,33+,34-,35+,36-/m1/s1. The summed E-state index contributed by atoms with van der Waals surface area (Å²) in [5, 5.41) is 25.6. The van der Waals surface area contributed by atoms with E-state index in [1.54, 1.807) is 45.6 Å². The fraction of sp³-hybridized carbons (Fsp3) is 0.806. The lowest BCUT2D eigenvalue weighted by atomic mass is 9.43. The van der Waals surface area contributed by atoms with E-state index < -0.39 is 46.8 Å². The number of hydrogen-bond donors (Lipinski definition) is 2. The Labute approximate surface area is 273 Å². The van der Waals surface area contributed by atoms with E-state index in [2.05, 4.69) is 18.7 Å². The number of carbonyl (C=O) groups excluding carboxylic acids is 1. The maximum atomic E-state index is 13.8. The van der Waals surface area contributed by atoms with Crippen LogP contribution in [0.3, 0.4) is 0 Å². The molecule has 5 saturated carbocycles. The summed E-state index contributed by atoms with van der Waals surface area (Å²) in [4.78, 5) is 16.4. The predicted molar refractivity (Wildman–Crippen MR) is 168 cm³/mol. The number of aliphatic hydroxyl groups is 2. The van der Waals surface area contributed by atoms with Crippen LogP contribution in [0.5, 0.6) is 0 Å². The molecular weight excluding hydrogens is 590 g/mol. The van der Waals surface area contributed by atoms with Crippen molar-refractivity contribution in [2.45, 2.75) is 93.7 Å². The Balaban J connectivity index is 1.50. The van der Waals surface area contributed by atoms with E-state index in [1.807, 2.05) is 6.07 Å². The zero-order valence-corrected chi connectivity index (χ0v) is 28.2. The fourth-order valence-corrected chi connectivity index (χ4v) is 12.6. The molecule has 7 rings (SSSR count). The summed E-state index contributed by atoms with van der Waals surface area (Å²) >= 11 is 0. The van der Waals surface area contributed by atoms with Gasteiger partial charge in [0.1, 0.15) is 29.5 Å². The molecule has 0 unspecified atom stereocenters. The topological polar surface area (TPSA) is 116 Å². The zero-order chi connectivity index (χ0) is 32.6. The van der Waals surface area contributed by atoms with Crippen LogP contribution in [0.1, 0.15) is 56.3 Å². The van der Waals surface area contributed by atoms with Gasteiger partial charge in [0.2, 0.25) is 0 Å². The molecule has 0 radical (unpaired) electrons. The van der Waals surface area contributed by atoms with Gasteiger partial charge in [-0.1, -0.05) is 38.5 Å². The Hall–Kier alpha value is -1.63. The van der Waals surface area contributed by atoms with E-state index >= 15 is 0 Å². The van der Waals surface area contributed by atoms with E-state index in [4.69, 9.17) is 28.4 Å². The van der Waals surface area contributed by atoms with Crippen molar-refractivity contribution >= 4 is 5.97 Å². The summed E-state index contributed by atoms with van der Waals surface area (Å²) in [7, 11) is 6.89. The van der Waals surface area contributed by atoms with Gasteiger partial charge in [-0.3, -0.25) is 4.90 Å². The number of esters is 1. The first-order chi connectivity index (χ1) is 22.2. The third-order valence-corrected chi connectivity index (χ3v) is 13.6. The van der Waals surface area contributed by atoms with E-state index in [-0.39, 0.29) is 47.8 Å². The zero-order valence-electron chi connectivity index (χ0n) is 28.2. The maximum absolute atomic E-state index is 13.8. The molecule has 1 aliphatic heterocycles. The highest BCUT2D eigenvalue weighted by atomic mass is 16.6. The Kier molecular flexibility index (Phi) is 8.41. The Morgan fingerprint density at radius 2 is 1.78 bits per heavy atom. The number of hydrogen-bond acceptors (Lipinski definition) is 10. The van der Waals surface area contributed by atoms with Gasteiger partial charge in [0.25, 0.3) is 0 Å². The molecule has 1 saturated heterocycles. The summed E-state index contributed by atoms with van der Waals surface area (Å²) in [6, 6.07) is 8.85. The lowest BCUT2D eigenvalue weighted by Crippen LogP contribution is -2.80. The van der Waals surface area contributed by atoms with E-state index in [0.29, 0.717) is 18.8 Å². The Morgan fingerprint density at radius 3 is 2.41 bits per heavy atom. The number of unbranched alkanes of at least 4 members (excludes halogenated alkanes) is 1. The van der Waals surface area contributed by atoms with Gasteiger partial charge in [0.15, 0.2) is 0 Å². The Bertz CT molecular complexity index is 1280. The summed E-state index contributed by atoms with van der Waals surface area (Å²) < 4.78 is 39.0. The van der Waals surface area contributed by atoms with Crippen LogP contribution in [0.25, 0.3) is 0 Å². The van der Waals surface area contributed by atoms with Gasteiger partial charge in [-0.15, -0.1) is 0 Å². The second kappa shape index (κ2) is 11.8. The van der Waals surface area contributed by atoms with Crippen molar-refractivity contribution in [3.8, 4) is 0 Å². The summed E-state index contributed by atoms with van der Waals surface area (Å²) in [5.41, 5.74) is -3.14. The van der Waals surface area contributed by atoms with Gasteiger partial charge in [-0.05, 0) is 50.3 Å². The second-order valence-corrected chi connectivity index (χ2v) is 14.9. The van der Waals surface area contributed by atoms with Crippen molar-refractivity contribution in [1.29, 1.82) is 0 Å². The number of carbonyl (C=O) groups is 1. The van der Waals surface area contributed by atoms with E-state index in [9.17, 15) is 15.0 Å². The highest BCUT2D eigenvalue weighted by molar-refractivity contribution is 5.89. The molecule has 14 atom stereocenters. The SMILES string of the molecule is CCCCO[C@]12[C@H]3[C@@H](OC(=O)c4ccccc4)[C@](O)(C[C@H]3[C@@]34[C@@H](OC)CC[C@@]5(COC)CN(CC)[C@H]3[C@@H]1[C@H](OC)[C@H]54)[C@@H](OC)[C@@H]2O. The monoisotopic (exact) mass is 643 g/mol. The molecule has 1 aromatic rings. The van der Waals surface area contributed by atoms with Crippen molar-refractivity contribution in [2.24, 2.45) is 34.5 Å². The number of nitrogens with zero attached hydrogens (tertiary/aromatic N) is 1. The van der Waals surface area contributed by atoms with Crippen molar-refractivity contribution < 1.29 is 43.4 Å². The largest absolute Gasteiger partial charge is 0.455 e. The molecule has 5 aliphatic carbocycles. The van der Waals surface area contributed by atoms with Crippen LogP contribution in [0.4, 0.5) is 0 Å². The number of piperidine rings is 1. The van der Waals surface area contributed by atoms with Gasteiger partial charge in [0, 0.05) is 76.2 Å². The number of methoxy groups -OCH3 is 4. The van der Waals surface area contributed by atoms with E-state index in [0.717, 1.165) is 38.8 Å². The third kappa shape index (κ3) is 3.90. The molecule has 1 aromatic carbocycles. The summed E-state index contributed by atoms with van der Waals surface area (Å²) in [5.74, 6) is -1.52. The van der Waals surface area contributed by atoms with Gasteiger partial charge in [-0.25, -0.2) is 4.79 Å². The Morgan fingerprint density at radius 1 is 1.02 bits per heavy atom. The van der Waals surface area contributed by atoms with Crippen LogP contribution in [0.2, 0.25) is 0 Å². The minimum absolute atomic E-state index is 0.0183. The number of aliphatic hydroxyl groups excluding tert-OH is 1. The van der Waals surface area contributed by atoms with Crippen LogP contribution < -0.4 is 0 Å². The summed E-state index contributed by atoms with van der Waals surface area (Å²) in [6.45, 7) is 6.97. The lowest BCUT2D eigenvalue weighted by Gasteiger charge is -2.70. The number of fused-ring (bicyclic) bond motifs is 2. The highest BCUT2D eigenvalue weighted by Gasteiger charge is 2.91. The number of rotatable bonds is 12. The van der Waals surface area contributed by atoms with Crippen molar-refractivity contribution in [2.75, 3.05) is 54.7 Å². The normalized spacial score (nSPS) is 48.4.